The molecule has 0 spiro atoms. The predicted molar refractivity (Wildman–Crippen MR) is 60.6 cm³/mol. The van der Waals surface area contributed by atoms with E-state index in [1.807, 2.05) is 0 Å². The first-order valence-electron chi connectivity index (χ1n) is 5.87. The molecule has 0 unspecified atom stereocenters. The zero-order valence-corrected chi connectivity index (χ0v) is 9.44. The minimum Gasteiger partial charge on any atom is -0.294 e. The van der Waals surface area contributed by atoms with Gasteiger partial charge < -0.3 is 0 Å². The third-order valence-electron chi connectivity index (χ3n) is 4.13. The lowest BCUT2D eigenvalue weighted by Gasteiger charge is -2.14. The van der Waals surface area contributed by atoms with E-state index in [0.29, 0.717) is 5.78 Å². The van der Waals surface area contributed by atoms with E-state index in [9.17, 15) is 4.79 Å². The van der Waals surface area contributed by atoms with Crippen LogP contribution in [-0.4, -0.2) is 5.78 Å². The lowest BCUT2D eigenvalue weighted by molar-refractivity contribution is 0.0994. The fourth-order valence-electron chi connectivity index (χ4n) is 3.37. The maximum absolute atomic E-state index is 11.8. The van der Waals surface area contributed by atoms with Gasteiger partial charge in [-0.25, -0.2) is 0 Å². The summed E-state index contributed by atoms with van der Waals surface area (Å²) >= 11 is 0. The summed E-state index contributed by atoms with van der Waals surface area (Å²) in [5.74, 6) is 0.375. The number of rotatable bonds is 0. The number of carbonyl (C=O) groups is 1. The first-order valence-corrected chi connectivity index (χ1v) is 5.87. The second-order valence-corrected chi connectivity index (χ2v) is 4.84. The molecular weight excluding hydrogens is 184 g/mol. The molecular formula is C14H16O. The highest BCUT2D eigenvalue weighted by atomic mass is 16.1. The summed E-state index contributed by atoms with van der Waals surface area (Å²) in [6.07, 6.45) is 5.40. The summed E-state index contributed by atoms with van der Waals surface area (Å²) in [5, 5.41) is 0. The third kappa shape index (κ3) is 1.06. The molecule has 0 saturated heterocycles. The Bertz CT molecular complexity index is 469. The molecule has 2 aliphatic carbocycles. The largest absolute Gasteiger partial charge is 0.294 e. The first kappa shape index (κ1) is 9.14. The quantitative estimate of drug-likeness (QED) is 0.629. The number of ketones is 1. The van der Waals surface area contributed by atoms with E-state index in [0.717, 1.165) is 18.4 Å². The van der Waals surface area contributed by atoms with Gasteiger partial charge in [0.05, 0.1) is 0 Å². The van der Waals surface area contributed by atoms with Gasteiger partial charge in [-0.15, -0.1) is 0 Å². The average molecular weight is 200 g/mol. The molecule has 3 rings (SSSR count). The normalized spacial score (nSPS) is 18.1. The molecule has 0 saturated carbocycles. The summed E-state index contributed by atoms with van der Waals surface area (Å²) < 4.78 is 0. The molecule has 78 valence electrons. The summed E-state index contributed by atoms with van der Waals surface area (Å²) in [5.41, 5.74) is 8.20. The number of hydrogen-bond acceptors (Lipinski definition) is 1. The van der Waals surface area contributed by atoms with Gasteiger partial charge in [0, 0.05) is 12.0 Å². The van der Waals surface area contributed by atoms with Crippen molar-refractivity contribution in [1.82, 2.24) is 0 Å². The summed E-state index contributed by atoms with van der Waals surface area (Å²) in [6, 6.07) is 0. The van der Waals surface area contributed by atoms with Gasteiger partial charge in [-0.2, -0.15) is 0 Å². The SMILES string of the molecule is Cc1c2c(c(C)c3c1CCC3=O)CCC2. The van der Waals surface area contributed by atoms with Crippen LogP contribution >= 0.6 is 0 Å². The highest BCUT2D eigenvalue weighted by Gasteiger charge is 2.29. The van der Waals surface area contributed by atoms with Gasteiger partial charge in [-0.05, 0) is 67.3 Å². The molecule has 1 nitrogen and oxygen atoms in total. The second kappa shape index (κ2) is 2.94. The molecule has 0 amide bonds. The molecule has 0 heterocycles. The Balaban J connectivity index is 2.37. The van der Waals surface area contributed by atoms with Gasteiger partial charge in [0.15, 0.2) is 5.78 Å². The number of hydrogen-bond donors (Lipinski definition) is 0. The zero-order valence-electron chi connectivity index (χ0n) is 9.44. The van der Waals surface area contributed by atoms with E-state index < -0.39 is 0 Å². The minimum absolute atomic E-state index is 0.375. The number of fused-ring (bicyclic) bond motifs is 2. The number of benzene rings is 1. The molecule has 1 heteroatoms. The van der Waals surface area contributed by atoms with Gasteiger partial charge in [-0.3, -0.25) is 4.79 Å². The van der Waals surface area contributed by atoms with Crippen molar-refractivity contribution in [2.24, 2.45) is 0 Å². The second-order valence-electron chi connectivity index (χ2n) is 4.84. The smallest absolute Gasteiger partial charge is 0.163 e. The highest BCUT2D eigenvalue weighted by Crippen LogP contribution is 2.37. The van der Waals surface area contributed by atoms with Crippen molar-refractivity contribution < 1.29 is 4.79 Å². The van der Waals surface area contributed by atoms with E-state index >= 15 is 0 Å². The van der Waals surface area contributed by atoms with Gasteiger partial charge in [0.25, 0.3) is 0 Å². The minimum atomic E-state index is 0.375. The molecule has 0 aliphatic heterocycles. The van der Waals surface area contributed by atoms with Crippen LogP contribution in [0.25, 0.3) is 0 Å². The summed E-state index contributed by atoms with van der Waals surface area (Å²) in [4.78, 5) is 11.8. The first-order chi connectivity index (χ1) is 7.20. The topological polar surface area (TPSA) is 17.1 Å². The fraction of sp³-hybridized carbons (Fsp3) is 0.500. The van der Waals surface area contributed by atoms with E-state index in [1.54, 1.807) is 5.56 Å². The molecule has 15 heavy (non-hydrogen) atoms. The monoisotopic (exact) mass is 200 g/mol. The van der Waals surface area contributed by atoms with Crippen LogP contribution in [0.4, 0.5) is 0 Å². The van der Waals surface area contributed by atoms with Crippen molar-refractivity contribution in [3.63, 3.8) is 0 Å². The molecule has 0 fully saturated rings. The average Bonchev–Trinajstić information content (AvgIpc) is 2.80. The molecule has 2 aliphatic rings. The van der Waals surface area contributed by atoms with Crippen LogP contribution in [0.15, 0.2) is 0 Å². The van der Waals surface area contributed by atoms with Crippen LogP contribution in [0.1, 0.15) is 51.0 Å². The Morgan fingerprint density at radius 3 is 2.20 bits per heavy atom. The van der Waals surface area contributed by atoms with Crippen LogP contribution < -0.4 is 0 Å². The lowest BCUT2D eigenvalue weighted by atomic mass is 9.90. The maximum atomic E-state index is 11.8. The van der Waals surface area contributed by atoms with Crippen molar-refractivity contribution in [2.45, 2.75) is 46.0 Å². The van der Waals surface area contributed by atoms with Crippen LogP contribution in [-0.2, 0) is 19.3 Å². The Hall–Kier alpha value is -1.11. The van der Waals surface area contributed by atoms with E-state index in [4.69, 9.17) is 0 Å². The van der Waals surface area contributed by atoms with Gasteiger partial charge in [-0.1, -0.05) is 0 Å². The highest BCUT2D eigenvalue weighted by molar-refractivity contribution is 6.02. The van der Waals surface area contributed by atoms with Gasteiger partial charge in [0.2, 0.25) is 0 Å². The number of carbonyl (C=O) groups excluding carboxylic acids is 1. The molecule has 0 atom stereocenters. The molecule has 1 aromatic rings. The molecule has 1 aromatic carbocycles. The third-order valence-corrected chi connectivity index (χ3v) is 4.13. The Morgan fingerprint density at radius 1 is 0.800 bits per heavy atom. The van der Waals surface area contributed by atoms with E-state index in [1.165, 1.54) is 41.5 Å². The van der Waals surface area contributed by atoms with E-state index in [2.05, 4.69) is 13.8 Å². The van der Waals surface area contributed by atoms with Gasteiger partial charge >= 0.3 is 0 Å². The van der Waals surface area contributed by atoms with Crippen LogP contribution in [0, 0.1) is 13.8 Å². The van der Waals surface area contributed by atoms with Crippen molar-refractivity contribution in [3.8, 4) is 0 Å². The number of Topliss-reactive ketones (excluding diaryl/α,β-unsaturated/α-hetero) is 1. The zero-order chi connectivity index (χ0) is 10.6. The molecule has 0 aromatic heterocycles. The van der Waals surface area contributed by atoms with Crippen LogP contribution in [0.5, 0.6) is 0 Å². The Labute approximate surface area is 90.5 Å². The van der Waals surface area contributed by atoms with Crippen molar-refractivity contribution >= 4 is 5.78 Å². The van der Waals surface area contributed by atoms with Crippen LogP contribution in [0.2, 0.25) is 0 Å². The maximum Gasteiger partial charge on any atom is 0.163 e. The fourth-order valence-corrected chi connectivity index (χ4v) is 3.37. The Morgan fingerprint density at radius 2 is 1.47 bits per heavy atom. The van der Waals surface area contributed by atoms with Crippen molar-refractivity contribution in [1.29, 1.82) is 0 Å². The standard InChI is InChI=1S/C14H16O/c1-8-10-4-3-5-11(10)9(2)14-12(8)6-7-13(14)15/h3-7H2,1-2H3. The molecule has 0 bridgehead atoms. The van der Waals surface area contributed by atoms with E-state index in [-0.39, 0.29) is 0 Å². The van der Waals surface area contributed by atoms with Crippen molar-refractivity contribution in [3.05, 3.63) is 33.4 Å². The summed E-state index contributed by atoms with van der Waals surface area (Å²) in [6.45, 7) is 4.35. The van der Waals surface area contributed by atoms with Gasteiger partial charge in [0.1, 0.15) is 0 Å². The molecule has 0 radical (unpaired) electrons. The molecule has 0 N–H and O–H groups in total. The Kier molecular flexibility index (Phi) is 1.79. The lowest BCUT2D eigenvalue weighted by Crippen LogP contribution is -2.03. The predicted octanol–water partition coefficient (Wildman–Crippen LogP) is 2.92. The van der Waals surface area contributed by atoms with Crippen molar-refractivity contribution in [2.75, 3.05) is 0 Å². The van der Waals surface area contributed by atoms with Crippen LogP contribution in [0.3, 0.4) is 0 Å². The summed E-state index contributed by atoms with van der Waals surface area (Å²) in [7, 11) is 0.